The van der Waals surface area contributed by atoms with Crippen molar-refractivity contribution in [3.8, 4) is 5.88 Å². The van der Waals surface area contributed by atoms with E-state index in [0.29, 0.717) is 48.8 Å². The number of aryl methyl sites for hydroxylation is 2. The Bertz CT molecular complexity index is 959. The number of aromatic nitrogens is 2. The second-order valence-electron chi connectivity index (χ2n) is 8.00. The van der Waals surface area contributed by atoms with Crippen LogP contribution in [-0.2, 0) is 4.79 Å². The van der Waals surface area contributed by atoms with Gasteiger partial charge < -0.3 is 9.64 Å². The van der Waals surface area contributed by atoms with Crippen LogP contribution in [0.4, 0.5) is 0 Å². The molecule has 0 aliphatic carbocycles. The maximum absolute atomic E-state index is 12.6. The zero-order chi connectivity index (χ0) is 22.0. The Kier molecular flexibility index (Phi) is 5.97. The number of hydrogen-bond donors (Lipinski definition) is 0. The molecule has 0 radical (unpaired) electrons. The number of amides is 3. The predicted octanol–water partition coefficient (Wildman–Crippen LogP) is 2.54. The summed E-state index contributed by atoms with van der Waals surface area (Å²) >= 11 is 0. The normalized spacial score (nSPS) is 16.6. The summed E-state index contributed by atoms with van der Waals surface area (Å²) in [7, 11) is 0. The van der Waals surface area contributed by atoms with Gasteiger partial charge in [-0.3, -0.25) is 19.3 Å². The first kappa shape index (κ1) is 21.0. The number of nitrogens with zero attached hydrogens (tertiary/aromatic N) is 4. The zero-order valence-electron chi connectivity index (χ0n) is 17.8. The van der Waals surface area contributed by atoms with Gasteiger partial charge in [-0.05, 0) is 32.4 Å². The number of piperidine rings is 1. The fourth-order valence-corrected chi connectivity index (χ4v) is 4.13. The molecule has 8 heteroatoms. The smallest absolute Gasteiger partial charge is 0.261 e. The average molecular weight is 422 g/mol. The number of hydrogen-bond acceptors (Lipinski definition) is 6. The minimum Gasteiger partial charge on any atom is -0.474 e. The van der Waals surface area contributed by atoms with Gasteiger partial charge in [-0.25, -0.2) is 4.98 Å². The second kappa shape index (κ2) is 8.83. The van der Waals surface area contributed by atoms with Gasteiger partial charge >= 0.3 is 0 Å². The molecule has 0 saturated carbocycles. The molecule has 0 spiro atoms. The molecule has 8 nitrogen and oxygen atoms in total. The van der Waals surface area contributed by atoms with Gasteiger partial charge in [0.25, 0.3) is 11.8 Å². The zero-order valence-corrected chi connectivity index (χ0v) is 17.8. The summed E-state index contributed by atoms with van der Waals surface area (Å²) in [6, 6.07) is 8.65. The molecule has 2 aromatic rings. The Labute approximate surface area is 181 Å². The number of carbonyl (C=O) groups excluding carboxylic acids is 3. The second-order valence-corrected chi connectivity index (χ2v) is 8.00. The molecule has 0 N–H and O–H groups in total. The number of benzene rings is 1. The van der Waals surface area contributed by atoms with Crippen LogP contribution in [0.2, 0.25) is 0 Å². The van der Waals surface area contributed by atoms with Gasteiger partial charge in [0.1, 0.15) is 11.9 Å². The van der Waals surface area contributed by atoms with Crippen LogP contribution in [0.15, 0.2) is 30.3 Å². The number of ether oxygens (including phenoxy) is 1. The maximum atomic E-state index is 12.6. The van der Waals surface area contributed by atoms with E-state index in [4.69, 9.17) is 4.74 Å². The van der Waals surface area contributed by atoms with Gasteiger partial charge in [0.2, 0.25) is 11.8 Å². The molecule has 4 rings (SSSR count). The Morgan fingerprint density at radius 3 is 2.32 bits per heavy atom. The summed E-state index contributed by atoms with van der Waals surface area (Å²) in [6.07, 6.45) is 2.28. The lowest BCUT2D eigenvalue weighted by atomic mass is 10.1. The maximum Gasteiger partial charge on any atom is 0.261 e. The lowest BCUT2D eigenvalue weighted by Crippen LogP contribution is -2.42. The van der Waals surface area contributed by atoms with E-state index in [1.807, 2.05) is 24.8 Å². The number of likely N-dealkylation sites (tertiary alicyclic amines) is 1. The minimum absolute atomic E-state index is 0.0242. The molecular formula is C23H26N4O4. The lowest BCUT2D eigenvalue weighted by Gasteiger charge is -2.32. The van der Waals surface area contributed by atoms with E-state index >= 15 is 0 Å². The van der Waals surface area contributed by atoms with Crippen LogP contribution < -0.4 is 4.74 Å². The van der Waals surface area contributed by atoms with Crippen LogP contribution >= 0.6 is 0 Å². The molecule has 3 heterocycles. The predicted molar refractivity (Wildman–Crippen MR) is 113 cm³/mol. The van der Waals surface area contributed by atoms with Gasteiger partial charge in [-0.2, -0.15) is 4.98 Å². The summed E-state index contributed by atoms with van der Waals surface area (Å²) in [5, 5.41) is 0. The van der Waals surface area contributed by atoms with E-state index < -0.39 is 0 Å². The van der Waals surface area contributed by atoms with Crippen LogP contribution in [0.1, 0.15) is 57.9 Å². The first-order valence-electron chi connectivity index (χ1n) is 10.6. The summed E-state index contributed by atoms with van der Waals surface area (Å²) in [5.74, 6) is 0.752. The van der Waals surface area contributed by atoms with E-state index in [2.05, 4.69) is 9.97 Å². The van der Waals surface area contributed by atoms with Crippen molar-refractivity contribution in [1.82, 2.24) is 19.8 Å². The third kappa shape index (κ3) is 4.57. The van der Waals surface area contributed by atoms with E-state index in [9.17, 15) is 14.4 Å². The van der Waals surface area contributed by atoms with Crippen molar-refractivity contribution < 1.29 is 19.1 Å². The van der Waals surface area contributed by atoms with Gasteiger partial charge in [0, 0.05) is 50.7 Å². The van der Waals surface area contributed by atoms with Crippen LogP contribution in [-0.4, -0.2) is 63.2 Å². The molecule has 2 aliphatic heterocycles. The molecule has 0 bridgehead atoms. The molecule has 3 amide bonds. The van der Waals surface area contributed by atoms with Crippen molar-refractivity contribution in [3.63, 3.8) is 0 Å². The Morgan fingerprint density at radius 1 is 1.06 bits per heavy atom. The number of fused-ring (bicyclic) bond motifs is 1. The monoisotopic (exact) mass is 422 g/mol. The number of carbonyl (C=O) groups is 3. The van der Waals surface area contributed by atoms with Crippen LogP contribution in [0.5, 0.6) is 5.88 Å². The first-order chi connectivity index (χ1) is 14.9. The third-order valence-electron chi connectivity index (χ3n) is 5.68. The Balaban J connectivity index is 1.22. The van der Waals surface area contributed by atoms with Crippen molar-refractivity contribution in [2.24, 2.45) is 0 Å². The number of rotatable bonds is 6. The highest BCUT2D eigenvalue weighted by molar-refractivity contribution is 6.21. The standard InChI is InChI=1S/C23H26N4O4/c1-15-14-20(25-16(2)24-15)31-17-9-12-26(13-10-17)21(28)8-5-11-27-22(29)18-6-3-4-7-19(18)23(27)30/h3-4,6-7,14,17H,5,8-13H2,1-2H3. The summed E-state index contributed by atoms with van der Waals surface area (Å²) in [4.78, 5) is 49.0. The topological polar surface area (TPSA) is 92.7 Å². The summed E-state index contributed by atoms with van der Waals surface area (Å²) < 4.78 is 5.98. The molecule has 1 aromatic heterocycles. The largest absolute Gasteiger partial charge is 0.474 e. The van der Waals surface area contributed by atoms with Crippen molar-refractivity contribution in [2.75, 3.05) is 19.6 Å². The average Bonchev–Trinajstić information content (AvgIpc) is 2.98. The van der Waals surface area contributed by atoms with E-state index in [0.717, 1.165) is 18.5 Å². The van der Waals surface area contributed by atoms with Crippen LogP contribution in [0, 0.1) is 13.8 Å². The van der Waals surface area contributed by atoms with E-state index in [1.165, 1.54) is 4.90 Å². The highest BCUT2D eigenvalue weighted by Crippen LogP contribution is 2.23. The lowest BCUT2D eigenvalue weighted by molar-refractivity contribution is -0.133. The van der Waals surface area contributed by atoms with Gasteiger partial charge in [0.15, 0.2) is 0 Å². The molecule has 0 unspecified atom stereocenters. The van der Waals surface area contributed by atoms with Gasteiger partial charge in [-0.1, -0.05) is 12.1 Å². The SMILES string of the molecule is Cc1cc(OC2CCN(C(=O)CCCN3C(=O)c4ccccc4C3=O)CC2)nc(C)n1. The van der Waals surface area contributed by atoms with Gasteiger partial charge in [0.05, 0.1) is 11.1 Å². The molecule has 1 saturated heterocycles. The van der Waals surface area contributed by atoms with Crippen molar-refractivity contribution in [1.29, 1.82) is 0 Å². The van der Waals surface area contributed by atoms with Crippen molar-refractivity contribution in [2.45, 2.75) is 45.6 Å². The minimum atomic E-state index is -0.277. The molecule has 1 aromatic carbocycles. The summed E-state index contributed by atoms with van der Waals surface area (Å²) in [6.45, 7) is 5.25. The van der Waals surface area contributed by atoms with Gasteiger partial charge in [-0.15, -0.1) is 0 Å². The first-order valence-corrected chi connectivity index (χ1v) is 10.6. The van der Waals surface area contributed by atoms with E-state index in [1.54, 1.807) is 24.3 Å². The molecule has 0 atom stereocenters. The van der Waals surface area contributed by atoms with Crippen molar-refractivity contribution >= 4 is 17.7 Å². The molecule has 2 aliphatic rings. The summed E-state index contributed by atoms with van der Waals surface area (Å²) in [5.41, 5.74) is 1.75. The van der Waals surface area contributed by atoms with Crippen molar-refractivity contribution in [3.05, 3.63) is 53.0 Å². The van der Waals surface area contributed by atoms with Crippen LogP contribution in [0.25, 0.3) is 0 Å². The van der Waals surface area contributed by atoms with Crippen LogP contribution in [0.3, 0.4) is 0 Å². The van der Waals surface area contributed by atoms with E-state index in [-0.39, 0.29) is 30.4 Å². The fraction of sp³-hybridized carbons (Fsp3) is 0.435. The molecular weight excluding hydrogens is 396 g/mol. The Morgan fingerprint density at radius 2 is 1.71 bits per heavy atom. The molecule has 31 heavy (non-hydrogen) atoms. The highest BCUT2D eigenvalue weighted by Gasteiger charge is 2.34. The third-order valence-corrected chi connectivity index (χ3v) is 5.68. The quantitative estimate of drug-likeness (QED) is 0.665. The fourth-order valence-electron chi connectivity index (χ4n) is 4.13. The Hall–Kier alpha value is -3.29. The molecule has 1 fully saturated rings. The number of imide groups is 1. The molecule has 162 valence electrons. The highest BCUT2D eigenvalue weighted by atomic mass is 16.5.